The van der Waals surface area contributed by atoms with Crippen LogP contribution in [0.25, 0.3) is 0 Å². The van der Waals surface area contributed by atoms with Crippen LogP contribution in [-0.4, -0.2) is 42.9 Å². The number of esters is 1. The zero-order valence-electron chi connectivity index (χ0n) is 11.5. The quantitative estimate of drug-likeness (QED) is 0.648. The van der Waals surface area contributed by atoms with Crippen molar-refractivity contribution in [3.63, 3.8) is 0 Å². The lowest BCUT2D eigenvalue weighted by atomic mass is 10.1. The summed E-state index contributed by atoms with van der Waals surface area (Å²) in [6, 6.07) is 0. The average molecular weight is 269 g/mol. The van der Waals surface area contributed by atoms with Crippen LogP contribution in [0, 0.1) is 5.41 Å². The molecule has 0 spiro atoms. The predicted octanol–water partition coefficient (Wildman–Crippen LogP) is 1.26. The van der Waals surface area contributed by atoms with Crippen molar-refractivity contribution in [1.29, 1.82) is 5.41 Å². The van der Waals surface area contributed by atoms with E-state index in [2.05, 4.69) is 5.32 Å². The SMILES string of the molecule is CN1CC(=O)OCCCCCCCCC(=O)NC1=N. The molecule has 1 heterocycles. The number of rotatable bonds is 0. The van der Waals surface area contributed by atoms with Gasteiger partial charge in [-0.3, -0.25) is 20.3 Å². The van der Waals surface area contributed by atoms with Gasteiger partial charge in [0, 0.05) is 13.5 Å². The minimum absolute atomic E-state index is 0.0148. The molecular formula is C13H23N3O3. The fraction of sp³-hybridized carbons (Fsp3) is 0.769. The molecule has 6 nitrogen and oxygen atoms in total. The van der Waals surface area contributed by atoms with Gasteiger partial charge in [0.1, 0.15) is 6.54 Å². The van der Waals surface area contributed by atoms with Gasteiger partial charge in [-0.15, -0.1) is 0 Å². The Kier molecular flexibility index (Phi) is 6.92. The van der Waals surface area contributed by atoms with Crippen LogP contribution < -0.4 is 5.32 Å². The standard InChI is InChI=1S/C13H23N3O3/c1-16-10-12(18)19-9-7-5-3-2-4-6-8-11(17)15-13(16)14/h2-10H2,1H3,(H2,14,15,17). The van der Waals surface area contributed by atoms with E-state index >= 15 is 0 Å². The maximum Gasteiger partial charge on any atom is 0.325 e. The summed E-state index contributed by atoms with van der Waals surface area (Å²) in [5.74, 6) is -0.590. The minimum atomic E-state index is -0.364. The summed E-state index contributed by atoms with van der Waals surface area (Å²) in [5.41, 5.74) is 0. The molecule has 0 aromatic rings. The highest BCUT2D eigenvalue weighted by atomic mass is 16.5. The highest BCUT2D eigenvalue weighted by Crippen LogP contribution is 2.07. The first-order valence-corrected chi connectivity index (χ1v) is 6.85. The summed E-state index contributed by atoms with van der Waals surface area (Å²) < 4.78 is 5.07. The highest BCUT2D eigenvalue weighted by Gasteiger charge is 2.13. The minimum Gasteiger partial charge on any atom is -0.464 e. The van der Waals surface area contributed by atoms with Gasteiger partial charge >= 0.3 is 5.97 Å². The number of amides is 1. The van der Waals surface area contributed by atoms with Crippen molar-refractivity contribution in [1.82, 2.24) is 10.2 Å². The number of likely N-dealkylation sites (N-methyl/N-ethyl adjacent to an activating group) is 1. The second-order valence-electron chi connectivity index (χ2n) is 4.84. The molecule has 108 valence electrons. The summed E-state index contributed by atoms with van der Waals surface area (Å²) in [7, 11) is 1.59. The number of guanidine groups is 1. The number of hydrogen-bond donors (Lipinski definition) is 2. The number of cyclic esters (lactones) is 1. The van der Waals surface area contributed by atoms with Crippen molar-refractivity contribution in [2.75, 3.05) is 20.2 Å². The van der Waals surface area contributed by atoms with Crippen LogP contribution in [0.1, 0.15) is 44.9 Å². The molecule has 0 unspecified atom stereocenters. The Hall–Kier alpha value is -1.59. The largest absolute Gasteiger partial charge is 0.464 e. The maximum absolute atomic E-state index is 11.6. The third-order valence-corrected chi connectivity index (χ3v) is 3.07. The Morgan fingerprint density at radius 3 is 2.47 bits per heavy atom. The van der Waals surface area contributed by atoms with E-state index in [4.69, 9.17) is 10.1 Å². The van der Waals surface area contributed by atoms with Gasteiger partial charge in [0.25, 0.3) is 0 Å². The summed E-state index contributed by atoms with van der Waals surface area (Å²) in [6.07, 6.45) is 6.43. The molecular weight excluding hydrogens is 246 g/mol. The monoisotopic (exact) mass is 269 g/mol. The average Bonchev–Trinajstić information content (AvgIpc) is 2.35. The summed E-state index contributed by atoms with van der Waals surface area (Å²) in [4.78, 5) is 24.4. The van der Waals surface area contributed by atoms with E-state index in [9.17, 15) is 9.59 Å². The number of carbonyl (C=O) groups is 2. The molecule has 0 aromatic carbocycles. The van der Waals surface area contributed by atoms with Crippen molar-refractivity contribution >= 4 is 17.8 Å². The fourth-order valence-electron chi connectivity index (χ4n) is 1.89. The lowest BCUT2D eigenvalue weighted by Crippen LogP contribution is -2.43. The van der Waals surface area contributed by atoms with E-state index in [-0.39, 0.29) is 24.4 Å². The fourth-order valence-corrected chi connectivity index (χ4v) is 1.89. The van der Waals surface area contributed by atoms with Gasteiger partial charge in [-0.05, 0) is 12.8 Å². The van der Waals surface area contributed by atoms with Crippen molar-refractivity contribution in [3.8, 4) is 0 Å². The summed E-state index contributed by atoms with van der Waals surface area (Å²) in [5, 5.41) is 10.2. The van der Waals surface area contributed by atoms with Gasteiger partial charge in [-0.2, -0.15) is 0 Å². The Morgan fingerprint density at radius 1 is 1.11 bits per heavy atom. The molecule has 19 heavy (non-hydrogen) atoms. The molecule has 1 saturated heterocycles. The second kappa shape index (κ2) is 8.50. The van der Waals surface area contributed by atoms with Gasteiger partial charge in [0.05, 0.1) is 6.61 Å². The van der Waals surface area contributed by atoms with Crippen LogP contribution in [0.15, 0.2) is 0 Å². The first kappa shape index (κ1) is 15.5. The first-order chi connectivity index (χ1) is 9.09. The summed E-state index contributed by atoms with van der Waals surface area (Å²) in [6.45, 7) is 0.422. The Bertz CT molecular complexity index is 331. The zero-order chi connectivity index (χ0) is 14.1. The van der Waals surface area contributed by atoms with Crippen LogP contribution in [-0.2, 0) is 14.3 Å². The number of carbonyl (C=O) groups excluding carboxylic acids is 2. The first-order valence-electron chi connectivity index (χ1n) is 6.85. The molecule has 1 amide bonds. The molecule has 2 N–H and O–H groups in total. The number of hydrogen-bond acceptors (Lipinski definition) is 4. The lowest BCUT2D eigenvalue weighted by molar-refractivity contribution is -0.144. The number of nitrogens with one attached hydrogen (secondary N) is 2. The number of ether oxygens (including phenoxy) is 1. The van der Waals surface area contributed by atoms with E-state index in [0.29, 0.717) is 13.0 Å². The normalized spacial score (nSPS) is 21.1. The zero-order valence-corrected chi connectivity index (χ0v) is 11.5. The van der Waals surface area contributed by atoms with Gasteiger partial charge in [0.15, 0.2) is 5.96 Å². The molecule has 0 aliphatic carbocycles. The molecule has 1 fully saturated rings. The molecule has 0 atom stereocenters. The van der Waals surface area contributed by atoms with E-state index in [1.54, 1.807) is 7.05 Å². The Labute approximate surface area is 114 Å². The van der Waals surface area contributed by atoms with Crippen molar-refractivity contribution in [2.45, 2.75) is 44.9 Å². The van der Waals surface area contributed by atoms with Gasteiger partial charge in [-0.25, -0.2) is 0 Å². The molecule has 0 radical (unpaired) electrons. The third-order valence-electron chi connectivity index (χ3n) is 3.07. The molecule has 0 bridgehead atoms. The third kappa shape index (κ3) is 6.79. The van der Waals surface area contributed by atoms with E-state index < -0.39 is 0 Å². The highest BCUT2D eigenvalue weighted by molar-refractivity contribution is 5.96. The lowest BCUT2D eigenvalue weighted by Gasteiger charge is -2.19. The van der Waals surface area contributed by atoms with E-state index in [1.807, 2.05) is 0 Å². The Balaban J connectivity index is 2.49. The van der Waals surface area contributed by atoms with Crippen molar-refractivity contribution in [3.05, 3.63) is 0 Å². The van der Waals surface area contributed by atoms with Crippen LogP contribution >= 0.6 is 0 Å². The number of nitrogens with zero attached hydrogens (tertiary/aromatic N) is 1. The van der Waals surface area contributed by atoms with Gasteiger partial charge < -0.3 is 9.64 Å². The topological polar surface area (TPSA) is 82.5 Å². The molecule has 1 aliphatic heterocycles. The van der Waals surface area contributed by atoms with Gasteiger partial charge in [0.2, 0.25) is 5.91 Å². The Morgan fingerprint density at radius 2 is 1.74 bits per heavy atom. The van der Waals surface area contributed by atoms with Crippen LogP contribution in [0.3, 0.4) is 0 Å². The van der Waals surface area contributed by atoms with Crippen molar-refractivity contribution in [2.24, 2.45) is 0 Å². The smallest absolute Gasteiger partial charge is 0.325 e. The summed E-state index contributed by atoms with van der Waals surface area (Å²) >= 11 is 0. The maximum atomic E-state index is 11.6. The van der Waals surface area contributed by atoms with Gasteiger partial charge in [-0.1, -0.05) is 25.7 Å². The van der Waals surface area contributed by atoms with Crippen LogP contribution in [0.4, 0.5) is 0 Å². The molecule has 6 heteroatoms. The van der Waals surface area contributed by atoms with Crippen molar-refractivity contribution < 1.29 is 14.3 Å². The van der Waals surface area contributed by atoms with Crippen LogP contribution in [0.5, 0.6) is 0 Å². The molecule has 0 saturated carbocycles. The molecule has 1 rings (SSSR count). The predicted molar refractivity (Wildman–Crippen MR) is 71.8 cm³/mol. The van der Waals surface area contributed by atoms with E-state index in [1.165, 1.54) is 4.90 Å². The van der Waals surface area contributed by atoms with Crippen LogP contribution in [0.2, 0.25) is 0 Å². The second-order valence-corrected chi connectivity index (χ2v) is 4.84. The molecule has 0 aromatic heterocycles. The molecule has 1 aliphatic rings. The van der Waals surface area contributed by atoms with E-state index in [0.717, 1.165) is 38.5 Å².